The number of aryl methyl sites for hydroxylation is 1. The minimum Gasteiger partial charge on any atom is -0.465 e. The summed E-state index contributed by atoms with van der Waals surface area (Å²) >= 11 is 0. The van der Waals surface area contributed by atoms with Gasteiger partial charge >= 0.3 is 5.97 Å². The number of ketones is 1. The summed E-state index contributed by atoms with van der Waals surface area (Å²) in [5, 5.41) is 0. The first-order chi connectivity index (χ1) is 9.96. The Bertz CT molecular complexity index is 506. The number of unbranched alkanes of at least 4 members (excludes halogenated alkanes) is 1. The first-order valence-electron chi connectivity index (χ1n) is 7.49. The van der Waals surface area contributed by atoms with Gasteiger partial charge in [-0.25, -0.2) is 4.79 Å². The molecule has 21 heavy (non-hydrogen) atoms. The number of methoxy groups -OCH3 is 1. The molecule has 0 unspecified atom stereocenters. The minimum absolute atomic E-state index is 0.0173. The number of Topliss-reactive ketones (excluding diaryl/α,β-unsaturated/α-hetero) is 1. The highest BCUT2D eigenvalue weighted by atomic mass is 16.5. The van der Waals surface area contributed by atoms with E-state index in [2.05, 4.69) is 23.7 Å². The third kappa shape index (κ3) is 4.17. The molecule has 0 aromatic carbocycles. The summed E-state index contributed by atoms with van der Waals surface area (Å²) in [5.41, 5.74) is 2.34. The molecule has 1 aromatic heterocycles. The molecule has 1 heterocycles. The van der Waals surface area contributed by atoms with Crippen molar-refractivity contribution in [2.75, 3.05) is 26.7 Å². The van der Waals surface area contributed by atoms with Gasteiger partial charge in [0.15, 0.2) is 5.78 Å². The number of likely N-dealkylation sites (N-methyl/N-ethyl adjacent to an activating group) is 1. The van der Waals surface area contributed by atoms with Gasteiger partial charge in [0.25, 0.3) is 0 Å². The number of rotatable bonds is 8. The SMILES string of the molecule is CCCCN(CC)CC(=O)c1[nH]c(C)c(C(=O)OC)c1C. The lowest BCUT2D eigenvalue weighted by molar-refractivity contribution is 0.0599. The molecule has 0 aliphatic heterocycles. The van der Waals surface area contributed by atoms with Crippen molar-refractivity contribution in [2.45, 2.75) is 40.5 Å². The van der Waals surface area contributed by atoms with Crippen LogP contribution in [0.25, 0.3) is 0 Å². The number of ether oxygens (including phenoxy) is 1. The van der Waals surface area contributed by atoms with Gasteiger partial charge in [-0.1, -0.05) is 20.3 Å². The number of hydrogen-bond acceptors (Lipinski definition) is 4. The largest absolute Gasteiger partial charge is 0.465 e. The van der Waals surface area contributed by atoms with Crippen molar-refractivity contribution in [1.82, 2.24) is 9.88 Å². The van der Waals surface area contributed by atoms with Gasteiger partial charge in [-0.15, -0.1) is 0 Å². The van der Waals surface area contributed by atoms with E-state index in [4.69, 9.17) is 4.74 Å². The molecular formula is C16H26N2O3. The molecule has 0 atom stereocenters. The maximum Gasteiger partial charge on any atom is 0.339 e. The monoisotopic (exact) mass is 294 g/mol. The fourth-order valence-corrected chi connectivity index (χ4v) is 2.45. The van der Waals surface area contributed by atoms with Crippen molar-refractivity contribution >= 4 is 11.8 Å². The first kappa shape index (κ1) is 17.4. The third-order valence-electron chi connectivity index (χ3n) is 3.75. The Morgan fingerprint density at radius 2 is 1.90 bits per heavy atom. The molecule has 0 bridgehead atoms. The number of esters is 1. The Labute approximate surface area is 126 Å². The summed E-state index contributed by atoms with van der Waals surface area (Å²) in [7, 11) is 1.35. The molecule has 0 spiro atoms. The number of aromatic nitrogens is 1. The van der Waals surface area contributed by atoms with Gasteiger partial charge in [0, 0.05) is 5.69 Å². The van der Waals surface area contributed by atoms with Gasteiger partial charge in [0.05, 0.1) is 24.9 Å². The van der Waals surface area contributed by atoms with Crippen LogP contribution in [0.1, 0.15) is 58.8 Å². The average molecular weight is 294 g/mol. The van der Waals surface area contributed by atoms with Crippen LogP contribution in [0.2, 0.25) is 0 Å². The Morgan fingerprint density at radius 3 is 2.43 bits per heavy atom. The molecule has 0 aliphatic rings. The molecule has 0 saturated carbocycles. The van der Waals surface area contributed by atoms with E-state index in [0.29, 0.717) is 29.1 Å². The topological polar surface area (TPSA) is 62.4 Å². The number of nitrogens with one attached hydrogen (secondary N) is 1. The maximum atomic E-state index is 12.4. The standard InChI is InChI=1S/C16H26N2O3/c1-6-8-9-18(7-2)10-13(19)15-11(3)14(12(4)17-15)16(20)21-5/h17H,6-10H2,1-5H3. The summed E-state index contributed by atoms with van der Waals surface area (Å²) < 4.78 is 4.77. The molecule has 118 valence electrons. The molecule has 0 saturated heterocycles. The van der Waals surface area contributed by atoms with Crippen molar-refractivity contribution in [2.24, 2.45) is 0 Å². The number of carbonyl (C=O) groups is 2. The van der Waals surface area contributed by atoms with Gasteiger partial charge < -0.3 is 9.72 Å². The van der Waals surface area contributed by atoms with Gasteiger partial charge in [0.1, 0.15) is 0 Å². The van der Waals surface area contributed by atoms with E-state index in [1.807, 2.05) is 0 Å². The zero-order valence-corrected chi connectivity index (χ0v) is 13.7. The normalized spacial score (nSPS) is 11.0. The molecule has 1 aromatic rings. The predicted molar refractivity (Wildman–Crippen MR) is 83.0 cm³/mol. The second kappa shape index (κ2) is 7.98. The molecular weight excluding hydrogens is 268 g/mol. The van der Waals surface area contributed by atoms with Crippen LogP contribution in [0.3, 0.4) is 0 Å². The second-order valence-electron chi connectivity index (χ2n) is 5.26. The molecule has 1 N–H and O–H groups in total. The molecule has 1 rings (SSSR count). The number of aromatic amines is 1. The van der Waals surface area contributed by atoms with Crippen molar-refractivity contribution in [3.05, 3.63) is 22.5 Å². The van der Waals surface area contributed by atoms with Crippen LogP contribution >= 0.6 is 0 Å². The van der Waals surface area contributed by atoms with E-state index in [1.165, 1.54) is 7.11 Å². The lowest BCUT2D eigenvalue weighted by Crippen LogP contribution is -2.31. The number of hydrogen-bond donors (Lipinski definition) is 1. The highest BCUT2D eigenvalue weighted by Gasteiger charge is 2.23. The van der Waals surface area contributed by atoms with E-state index < -0.39 is 5.97 Å². The van der Waals surface area contributed by atoms with Crippen molar-refractivity contribution in [1.29, 1.82) is 0 Å². The van der Waals surface area contributed by atoms with E-state index in [1.54, 1.807) is 13.8 Å². The van der Waals surface area contributed by atoms with Crippen LogP contribution in [-0.2, 0) is 4.74 Å². The zero-order chi connectivity index (χ0) is 16.0. The Hall–Kier alpha value is -1.62. The van der Waals surface area contributed by atoms with Crippen LogP contribution < -0.4 is 0 Å². The van der Waals surface area contributed by atoms with Crippen molar-refractivity contribution in [3.8, 4) is 0 Å². The van der Waals surface area contributed by atoms with Gasteiger partial charge in [0.2, 0.25) is 0 Å². The number of carbonyl (C=O) groups excluding carboxylic acids is 2. The zero-order valence-electron chi connectivity index (χ0n) is 13.7. The molecule has 5 heteroatoms. The highest BCUT2D eigenvalue weighted by Crippen LogP contribution is 2.19. The number of H-pyrrole nitrogens is 1. The molecule has 0 radical (unpaired) electrons. The van der Waals surface area contributed by atoms with E-state index in [9.17, 15) is 9.59 Å². The van der Waals surface area contributed by atoms with E-state index in [-0.39, 0.29) is 5.78 Å². The predicted octanol–water partition coefficient (Wildman–Crippen LogP) is 2.72. The Balaban J connectivity index is 2.90. The van der Waals surface area contributed by atoms with Crippen molar-refractivity contribution in [3.63, 3.8) is 0 Å². The van der Waals surface area contributed by atoms with Crippen molar-refractivity contribution < 1.29 is 14.3 Å². The van der Waals surface area contributed by atoms with Gasteiger partial charge in [-0.3, -0.25) is 9.69 Å². The molecule has 0 amide bonds. The summed E-state index contributed by atoms with van der Waals surface area (Å²) in [4.78, 5) is 29.4. The quantitative estimate of drug-likeness (QED) is 0.591. The van der Waals surface area contributed by atoms with E-state index >= 15 is 0 Å². The molecule has 0 aliphatic carbocycles. The fraction of sp³-hybridized carbons (Fsp3) is 0.625. The van der Waals surface area contributed by atoms with Crippen LogP contribution in [-0.4, -0.2) is 48.4 Å². The Morgan fingerprint density at radius 1 is 1.24 bits per heavy atom. The van der Waals surface area contributed by atoms with Gasteiger partial charge in [-0.2, -0.15) is 0 Å². The highest BCUT2D eigenvalue weighted by molar-refractivity contribution is 6.02. The Kier molecular flexibility index (Phi) is 6.62. The van der Waals surface area contributed by atoms with Crippen LogP contribution in [0.5, 0.6) is 0 Å². The van der Waals surface area contributed by atoms with Gasteiger partial charge in [-0.05, 0) is 38.9 Å². The smallest absolute Gasteiger partial charge is 0.339 e. The van der Waals surface area contributed by atoms with Crippen LogP contribution in [0.4, 0.5) is 0 Å². The summed E-state index contributed by atoms with van der Waals surface area (Å²) in [6, 6.07) is 0. The summed E-state index contributed by atoms with van der Waals surface area (Å²) in [5.74, 6) is -0.387. The lowest BCUT2D eigenvalue weighted by atomic mass is 10.1. The summed E-state index contributed by atoms with van der Waals surface area (Å²) in [6.07, 6.45) is 2.19. The number of nitrogens with zero attached hydrogens (tertiary/aromatic N) is 1. The first-order valence-corrected chi connectivity index (χ1v) is 7.49. The molecule has 5 nitrogen and oxygen atoms in total. The third-order valence-corrected chi connectivity index (χ3v) is 3.75. The fourth-order valence-electron chi connectivity index (χ4n) is 2.45. The second-order valence-corrected chi connectivity index (χ2v) is 5.26. The van der Waals surface area contributed by atoms with Crippen LogP contribution in [0.15, 0.2) is 0 Å². The maximum absolute atomic E-state index is 12.4. The average Bonchev–Trinajstić information content (AvgIpc) is 2.77. The molecule has 0 fully saturated rings. The lowest BCUT2D eigenvalue weighted by Gasteiger charge is -2.18. The minimum atomic E-state index is -0.404. The van der Waals surface area contributed by atoms with Crippen LogP contribution in [0, 0.1) is 13.8 Å². The summed E-state index contributed by atoms with van der Waals surface area (Å²) in [6.45, 7) is 9.88. The van der Waals surface area contributed by atoms with E-state index in [0.717, 1.165) is 25.9 Å².